The second-order valence-electron chi connectivity index (χ2n) is 8.77. The van der Waals surface area contributed by atoms with E-state index in [0.29, 0.717) is 52.8 Å². The number of aromatic nitrogens is 2. The molecule has 1 unspecified atom stereocenters. The number of fused-ring (bicyclic) bond motifs is 2. The third-order valence-corrected chi connectivity index (χ3v) is 7.40. The highest BCUT2D eigenvalue weighted by atomic mass is 32.1. The Balaban J connectivity index is 1.65. The fourth-order valence-electron chi connectivity index (χ4n) is 4.53. The largest absolute Gasteiger partial charge is 0.490 e. The van der Waals surface area contributed by atoms with Crippen LogP contribution < -0.4 is 19.8 Å². The summed E-state index contributed by atoms with van der Waals surface area (Å²) in [6.45, 7) is 7.07. The fourth-order valence-corrected chi connectivity index (χ4v) is 5.34. The average molecular weight is 520 g/mol. The minimum Gasteiger partial charge on any atom is -0.490 e. The minimum absolute atomic E-state index is 0.0276. The summed E-state index contributed by atoms with van der Waals surface area (Å²) in [5, 5.41) is 10.1. The quantitative estimate of drug-likeness (QED) is 0.240. The number of carbonyl (C=O) groups excluding carboxylic acids is 1. The Morgan fingerprint density at radius 3 is 2.59 bits per heavy atom. The molecule has 0 spiro atoms. The maximum atomic E-state index is 13.7. The number of hydrogen-bond donors (Lipinski definition) is 0. The molecule has 1 aliphatic rings. The number of rotatable bonds is 10. The summed E-state index contributed by atoms with van der Waals surface area (Å²) in [4.78, 5) is 29.0. The number of aryl methyl sites for hydroxylation is 1. The molecule has 0 aliphatic carbocycles. The van der Waals surface area contributed by atoms with Gasteiger partial charge in [-0.15, -0.1) is 10.2 Å². The van der Waals surface area contributed by atoms with Crippen LogP contribution in [0.25, 0.3) is 11.0 Å². The van der Waals surface area contributed by atoms with Gasteiger partial charge < -0.3 is 13.9 Å². The molecular formula is C28H29N3O5S. The Bertz CT molecular complexity index is 1490. The first-order valence-electron chi connectivity index (χ1n) is 12.7. The van der Waals surface area contributed by atoms with Gasteiger partial charge in [0.1, 0.15) is 10.6 Å². The van der Waals surface area contributed by atoms with Crippen molar-refractivity contribution in [2.45, 2.75) is 52.5 Å². The SMILES string of the molecule is CCCCCOc1ccc(C2c3c(oc4ccccc4c3=O)C(=O)N2c2nnc(CC)s2)cc1OCC. The zero-order chi connectivity index (χ0) is 25.9. The van der Waals surface area contributed by atoms with Gasteiger partial charge in [0, 0.05) is 0 Å². The first kappa shape index (κ1) is 25.0. The second-order valence-corrected chi connectivity index (χ2v) is 9.82. The summed E-state index contributed by atoms with van der Waals surface area (Å²) in [5.41, 5.74) is 1.12. The number of benzene rings is 2. The average Bonchev–Trinajstić information content (AvgIpc) is 3.50. The first-order valence-corrected chi connectivity index (χ1v) is 13.5. The third kappa shape index (κ3) is 4.59. The smallest absolute Gasteiger partial charge is 0.297 e. The number of anilines is 1. The zero-order valence-electron chi connectivity index (χ0n) is 21.2. The first-order chi connectivity index (χ1) is 18.1. The van der Waals surface area contributed by atoms with Gasteiger partial charge in [-0.1, -0.05) is 56.2 Å². The van der Waals surface area contributed by atoms with E-state index in [1.54, 1.807) is 24.3 Å². The van der Waals surface area contributed by atoms with Gasteiger partial charge in [0.05, 0.1) is 30.2 Å². The van der Waals surface area contributed by atoms with E-state index in [1.807, 2.05) is 32.0 Å². The summed E-state index contributed by atoms with van der Waals surface area (Å²) in [6, 6.07) is 11.8. The molecule has 0 saturated carbocycles. The molecular weight excluding hydrogens is 490 g/mol. The van der Waals surface area contributed by atoms with Crippen LogP contribution in [0.5, 0.6) is 11.5 Å². The summed E-state index contributed by atoms with van der Waals surface area (Å²) >= 11 is 1.33. The van der Waals surface area contributed by atoms with E-state index in [0.717, 1.165) is 24.3 Å². The second kappa shape index (κ2) is 10.7. The van der Waals surface area contributed by atoms with E-state index in [1.165, 1.54) is 16.2 Å². The van der Waals surface area contributed by atoms with E-state index in [9.17, 15) is 9.59 Å². The van der Waals surface area contributed by atoms with Gasteiger partial charge in [0.15, 0.2) is 16.9 Å². The van der Waals surface area contributed by atoms with Crippen LogP contribution in [0.4, 0.5) is 5.13 Å². The maximum absolute atomic E-state index is 13.7. The van der Waals surface area contributed by atoms with Crippen LogP contribution >= 0.6 is 11.3 Å². The molecule has 2 aromatic carbocycles. The number of amides is 1. The Hall–Kier alpha value is -3.72. The summed E-state index contributed by atoms with van der Waals surface area (Å²) in [5.74, 6) is 0.806. The predicted octanol–water partition coefficient (Wildman–Crippen LogP) is 5.92. The number of hydrogen-bond acceptors (Lipinski definition) is 8. The van der Waals surface area contributed by atoms with Crippen molar-refractivity contribution in [2.24, 2.45) is 0 Å². The van der Waals surface area contributed by atoms with Crippen LogP contribution in [0.15, 0.2) is 51.7 Å². The fraction of sp³-hybridized carbons (Fsp3) is 0.357. The molecule has 2 aromatic heterocycles. The molecule has 0 radical (unpaired) electrons. The zero-order valence-corrected chi connectivity index (χ0v) is 22.0. The number of para-hydroxylation sites is 1. The van der Waals surface area contributed by atoms with Crippen LogP contribution in [0.2, 0.25) is 0 Å². The number of carbonyl (C=O) groups is 1. The summed E-state index contributed by atoms with van der Waals surface area (Å²) in [6.07, 6.45) is 3.83. The lowest BCUT2D eigenvalue weighted by Gasteiger charge is -2.23. The standard InChI is InChI=1S/C28H29N3O5S/c1-4-7-10-15-35-20-14-13-17(16-21(20)34-6-3)24-23-25(32)18-11-8-9-12-19(18)36-26(23)27(33)31(24)28-30-29-22(5-2)37-28/h8-9,11-14,16,24H,4-7,10,15H2,1-3H3. The van der Waals surface area contributed by atoms with E-state index in [-0.39, 0.29) is 16.8 Å². The monoisotopic (exact) mass is 519 g/mol. The van der Waals surface area contributed by atoms with Crippen molar-refractivity contribution in [2.75, 3.05) is 18.1 Å². The van der Waals surface area contributed by atoms with Crippen LogP contribution in [-0.4, -0.2) is 29.3 Å². The number of nitrogens with zero attached hydrogens (tertiary/aromatic N) is 3. The lowest BCUT2D eigenvalue weighted by atomic mass is 9.98. The van der Waals surface area contributed by atoms with E-state index < -0.39 is 11.9 Å². The molecule has 192 valence electrons. The van der Waals surface area contributed by atoms with Crippen molar-refractivity contribution in [3.05, 3.63) is 74.6 Å². The summed E-state index contributed by atoms with van der Waals surface area (Å²) in [7, 11) is 0. The third-order valence-electron chi connectivity index (χ3n) is 6.33. The lowest BCUT2D eigenvalue weighted by molar-refractivity contribution is 0.0970. The highest BCUT2D eigenvalue weighted by molar-refractivity contribution is 7.15. The molecule has 37 heavy (non-hydrogen) atoms. The van der Waals surface area contributed by atoms with Gasteiger partial charge >= 0.3 is 0 Å². The lowest BCUT2D eigenvalue weighted by Crippen LogP contribution is -2.29. The maximum Gasteiger partial charge on any atom is 0.297 e. The predicted molar refractivity (Wildman–Crippen MR) is 143 cm³/mol. The molecule has 0 fully saturated rings. The topological polar surface area (TPSA) is 94.8 Å². The van der Waals surface area contributed by atoms with Gasteiger partial charge in [0.25, 0.3) is 5.91 Å². The van der Waals surface area contributed by atoms with Crippen molar-refractivity contribution in [3.8, 4) is 11.5 Å². The van der Waals surface area contributed by atoms with Gasteiger partial charge in [-0.25, -0.2) is 0 Å². The van der Waals surface area contributed by atoms with Gasteiger partial charge in [0.2, 0.25) is 10.9 Å². The van der Waals surface area contributed by atoms with Crippen molar-refractivity contribution in [3.63, 3.8) is 0 Å². The van der Waals surface area contributed by atoms with Crippen molar-refractivity contribution >= 4 is 33.3 Å². The molecule has 9 heteroatoms. The van der Waals surface area contributed by atoms with Gasteiger partial charge in [-0.2, -0.15) is 0 Å². The Labute approximate surface area is 218 Å². The molecule has 4 aromatic rings. The van der Waals surface area contributed by atoms with Gasteiger partial charge in [-0.05, 0) is 49.6 Å². The Morgan fingerprint density at radius 1 is 1.00 bits per heavy atom. The van der Waals surface area contributed by atoms with Crippen molar-refractivity contribution in [1.29, 1.82) is 0 Å². The number of ether oxygens (including phenoxy) is 2. The van der Waals surface area contributed by atoms with Crippen molar-refractivity contribution < 1.29 is 18.7 Å². The van der Waals surface area contributed by atoms with Gasteiger partial charge in [-0.3, -0.25) is 14.5 Å². The van der Waals surface area contributed by atoms with Crippen LogP contribution in [0.1, 0.15) is 72.8 Å². The Kier molecular flexibility index (Phi) is 7.23. The van der Waals surface area contributed by atoms with E-state index >= 15 is 0 Å². The Morgan fingerprint density at radius 2 is 1.84 bits per heavy atom. The molecule has 1 amide bonds. The highest BCUT2D eigenvalue weighted by Crippen LogP contribution is 2.44. The molecule has 0 bridgehead atoms. The molecule has 1 aliphatic heterocycles. The highest BCUT2D eigenvalue weighted by Gasteiger charge is 2.45. The molecule has 0 saturated heterocycles. The van der Waals surface area contributed by atoms with E-state index in [4.69, 9.17) is 13.9 Å². The molecule has 0 N–H and O–H groups in total. The van der Waals surface area contributed by atoms with Crippen LogP contribution in [0, 0.1) is 0 Å². The summed E-state index contributed by atoms with van der Waals surface area (Å²) < 4.78 is 17.9. The normalized spacial score (nSPS) is 14.8. The van der Waals surface area contributed by atoms with E-state index in [2.05, 4.69) is 17.1 Å². The molecule has 5 rings (SSSR count). The molecule has 1 atom stereocenters. The molecule has 8 nitrogen and oxygen atoms in total. The number of unbranched alkanes of at least 4 members (excludes halogenated alkanes) is 2. The molecule has 3 heterocycles. The van der Waals surface area contributed by atoms with Crippen molar-refractivity contribution in [1.82, 2.24) is 10.2 Å². The van der Waals surface area contributed by atoms with Crippen LogP contribution in [-0.2, 0) is 6.42 Å². The minimum atomic E-state index is -0.741. The van der Waals surface area contributed by atoms with Crippen LogP contribution in [0.3, 0.4) is 0 Å².